The average Bonchev–Trinajstić information content (AvgIpc) is 2.28. The van der Waals surface area contributed by atoms with Crippen molar-refractivity contribution in [2.24, 2.45) is 0 Å². The number of rotatable bonds is 3. The van der Waals surface area contributed by atoms with Gasteiger partial charge in [-0.2, -0.15) is 0 Å². The van der Waals surface area contributed by atoms with Gasteiger partial charge in [0.15, 0.2) is 0 Å². The molecule has 1 saturated heterocycles. The normalized spacial score (nSPS) is 22.0. The number of hydrogen-bond donors (Lipinski definition) is 1. The molecule has 0 aromatic carbocycles. The van der Waals surface area contributed by atoms with Gasteiger partial charge in [0.25, 0.3) is 0 Å². The van der Waals surface area contributed by atoms with E-state index in [9.17, 15) is 0 Å². The number of piperidine rings is 1. The summed E-state index contributed by atoms with van der Waals surface area (Å²) in [6, 6.07) is 2.73. The fourth-order valence-electron chi connectivity index (χ4n) is 2.15. The molecule has 4 heteroatoms. The number of likely N-dealkylation sites (tertiary alicyclic amines) is 1. The van der Waals surface area contributed by atoms with Gasteiger partial charge in [-0.3, -0.25) is 4.98 Å². The van der Waals surface area contributed by atoms with Gasteiger partial charge in [0.1, 0.15) is 0 Å². The van der Waals surface area contributed by atoms with Crippen LogP contribution in [0.3, 0.4) is 0 Å². The molecule has 2 heterocycles. The van der Waals surface area contributed by atoms with Crippen LogP contribution in [0, 0.1) is 0 Å². The van der Waals surface area contributed by atoms with Crippen LogP contribution in [0.4, 0.5) is 5.69 Å². The second kappa shape index (κ2) is 5.64. The Bertz CT molecular complexity index is 343. The molecular formula is C12H18BrN3. The summed E-state index contributed by atoms with van der Waals surface area (Å²) in [4.78, 5) is 6.59. The van der Waals surface area contributed by atoms with Gasteiger partial charge in [-0.1, -0.05) is 6.42 Å². The van der Waals surface area contributed by atoms with Crippen LogP contribution < -0.4 is 5.32 Å². The number of nitrogens with one attached hydrogen (secondary N) is 1. The number of aromatic nitrogens is 1. The predicted octanol–water partition coefficient (Wildman–Crippen LogP) is 2.74. The summed E-state index contributed by atoms with van der Waals surface area (Å²) < 4.78 is 1.02. The molecule has 3 nitrogen and oxygen atoms in total. The maximum atomic E-state index is 4.14. The fraction of sp³-hybridized carbons (Fsp3) is 0.583. The van der Waals surface area contributed by atoms with E-state index >= 15 is 0 Å². The highest BCUT2D eigenvalue weighted by Gasteiger charge is 2.18. The van der Waals surface area contributed by atoms with Crippen molar-refractivity contribution >= 4 is 21.6 Å². The third-order valence-electron chi connectivity index (χ3n) is 3.17. The zero-order valence-electron chi connectivity index (χ0n) is 9.62. The molecule has 0 aliphatic carbocycles. The average molecular weight is 284 g/mol. The number of pyridine rings is 1. The third kappa shape index (κ3) is 3.19. The van der Waals surface area contributed by atoms with Crippen molar-refractivity contribution in [3.8, 4) is 0 Å². The van der Waals surface area contributed by atoms with Gasteiger partial charge in [-0.05, 0) is 48.4 Å². The van der Waals surface area contributed by atoms with Gasteiger partial charge >= 0.3 is 0 Å². The largest absolute Gasteiger partial charge is 0.382 e. The molecule has 0 amide bonds. The summed E-state index contributed by atoms with van der Waals surface area (Å²) in [6.45, 7) is 2.23. The zero-order valence-corrected chi connectivity index (χ0v) is 11.2. The number of anilines is 1. The Balaban J connectivity index is 1.86. The van der Waals surface area contributed by atoms with Crippen molar-refractivity contribution in [2.75, 3.05) is 25.5 Å². The van der Waals surface area contributed by atoms with E-state index in [0.717, 1.165) is 16.7 Å². The first-order chi connectivity index (χ1) is 7.75. The highest BCUT2D eigenvalue weighted by Crippen LogP contribution is 2.17. The monoisotopic (exact) mass is 283 g/mol. The Morgan fingerprint density at radius 2 is 2.38 bits per heavy atom. The summed E-state index contributed by atoms with van der Waals surface area (Å²) in [5.74, 6) is 0. The lowest BCUT2D eigenvalue weighted by molar-refractivity contribution is 0.194. The van der Waals surface area contributed by atoms with E-state index in [1.165, 1.54) is 25.8 Å². The zero-order chi connectivity index (χ0) is 11.4. The van der Waals surface area contributed by atoms with Crippen LogP contribution in [-0.2, 0) is 0 Å². The Labute approximate surface area is 105 Å². The first-order valence-corrected chi connectivity index (χ1v) is 6.59. The van der Waals surface area contributed by atoms with Gasteiger partial charge in [-0.25, -0.2) is 0 Å². The first kappa shape index (κ1) is 11.9. The highest BCUT2D eigenvalue weighted by molar-refractivity contribution is 9.10. The lowest BCUT2D eigenvalue weighted by Crippen LogP contribution is -2.40. The predicted molar refractivity (Wildman–Crippen MR) is 70.7 cm³/mol. The van der Waals surface area contributed by atoms with Crippen LogP contribution in [-0.4, -0.2) is 36.1 Å². The van der Waals surface area contributed by atoms with Crippen LogP contribution in [0.1, 0.15) is 19.3 Å². The second-order valence-electron chi connectivity index (χ2n) is 4.40. The van der Waals surface area contributed by atoms with Crippen LogP contribution in [0.2, 0.25) is 0 Å². The van der Waals surface area contributed by atoms with Crippen LogP contribution in [0.25, 0.3) is 0 Å². The Kier molecular flexibility index (Phi) is 4.18. The van der Waals surface area contributed by atoms with Gasteiger partial charge in [0.05, 0.1) is 11.9 Å². The lowest BCUT2D eigenvalue weighted by Gasteiger charge is -2.32. The topological polar surface area (TPSA) is 28.2 Å². The third-order valence-corrected chi connectivity index (χ3v) is 3.60. The molecule has 1 fully saturated rings. The van der Waals surface area contributed by atoms with Crippen molar-refractivity contribution in [3.05, 3.63) is 22.9 Å². The van der Waals surface area contributed by atoms with Crippen molar-refractivity contribution < 1.29 is 0 Å². The maximum Gasteiger partial charge on any atom is 0.0538 e. The van der Waals surface area contributed by atoms with Crippen molar-refractivity contribution in [1.82, 2.24) is 9.88 Å². The minimum atomic E-state index is 0.660. The van der Waals surface area contributed by atoms with E-state index < -0.39 is 0 Å². The maximum absolute atomic E-state index is 4.14. The van der Waals surface area contributed by atoms with Crippen molar-refractivity contribution in [2.45, 2.75) is 25.3 Å². The molecule has 1 aromatic heterocycles. The molecule has 0 saturated carbocycles. The fourth-order valence-corrected chi connectivity index (χ4v) is 2.51. The Hall–Kier alpha value is -0.610. The van der Waals surface area contributed by atoms with Gasteiger partial charge in [0, 0.05) is 23.3 Å². The van der Waals surface area contributed by atoms with E-state index in [2.05, 4.69) is 44.2 Å². The minimum absolute atomic E-state index is 0.660. The molecule has 1 unspecified atom stereocenters. The second-order valence-corrected chi connectivity index (χ2v) is 5.32. The quantitative estimate of drug-likeness (QED) is 0.925. The van der Waals surface area contributed by atoms with E-state index in [0.29, 0.717) is 6.04 Å². The standard InChI is InChI=1S/C12H18BrN3/c1-16-5-3-2-4-12(16)9-15-11-6-10(13)7-14-8-11/h6-8,12,15H,2-5,9H2,1H3. The molecule has 88 valence electrons. The summed E-state index contributed by atoms with van der Waals surface area (Å²) >= 11 is 3.43. The molecule has 0 radical (unpaired) electrons. The molecule has 1 N–H and O–H groups in total. The van der Waals surface area contributed by atoms with Gasteiger partial charge < -0.3 is 10.2 Å². The molecule has 16 heavy (non-hydrogen) atoms. The molecular weight excluding hydrogens is 266 g/mol. The van der Waals surface area contributed by atoms with Crippen LogP contribution in [0.5, 0.6) is 0 Å². The van der Waals surface area contributed by atoms with E-state index in [-0.39, 0.29) is 0 Å². The number of halogens is 1. The smallest absolute Gasteiger partial charge is 0.0538 e. The number of nitrogens with zero attached hydrogens (tertiary/aromatic N) is 2. The number of hydrogen-bond acceptors (Lipinski definition) is 3. The lowest BCUT2D eigenvalue weighted by atomic mass is 10.0. The van der Waals surface area contributed by atoms with Crippen LogP contribution >= 0.6 is 15.9 Å². The highest BCUT2D eigenvalue weighted by atomic mass is 79.9. The molecule has 2 rings (SSSR count). The molecule has 0 spiro atoms. The van der Waals surface area contributed by atoms with E-state index in [1.54, 1.807) is 6.20 Å². The van der Waals surface area contributed by atoms with Crippen LogP contribution in [0.15, 0.2) is 22.9 Å². The molecule has 1 aliphatic heterocycles. The van der Waals surface area contributed by atoms with Crippen molar-refractivity contribution in [1.29, 1.82) is 0 Å². The minimum Gasteiger partial charge on any atom is -0.382 e. The molecule has 1 aromatic rings. The SMILES string of the molecule is CN1CCCCC1CNc1cncc(Br)c1. The first-order valence-electron chi connectivity index (χ1n) is 5.80. The van der Waals surface area contributed by atoms with Gasteiger partial charge in [0.2, 0.25) is 0 Å². The molecule has 0 bridgehead atoms. The van der Waals surface area contributed by atoms with Crippen molar-refractivity contribution in [3.63, 3.8) is 0 Å². The van der Waals surface area contributed by atoms with E-state index in [1.807, 2.05) is 6.20 Å². The van der Waals surface area contributed by atoms with Gasteiger partial charge in [-0.15, -0.1) is 0 Å². The van der Waals surface area contributed by atoms with E-state index in [4.69, 9.17) is 0 Å². The molecule has 1 atom stereocenters. The number of likely N-dealkylation sites (N-methyl/N-ethyl adjacent to an activating group) is 1. The Morgan fingerprint density at radius 3 is 3.12 bits per heavy atom. The summed E-state index contributed by atoms with van der Waals surface area (Å²) in [7, 11) is 2.21. The summed E-state index contributed by atoms with van der Waals surface area (Å²) in [5, 5.41) is 3.45. The Morgan fingerprint density at radius 1 is 1.50 bits per heavy atom. The summed E-state index contributed by atoms with van der Waals surface area (Å²) in [6.07, 6.45) is 7.66. The summed E-state index contributed by atoms with van der Waals surface area (Å²) in [5.41, 5.74) is 1.09. The molecule has 1 aliphatic rings.